The highest BCUT2D eigenvalue weighted by Gasteiger charge is 2.39. The molecule has 1 fully saturated rings. The van der Waals surface area contributed by atoms with Crippen LogP contribution < -0.4 is 5.32 Å². The van der Waals surface area contributed by atoms with Crippen LogP contribution >= 0.6 is 11.6 Å². The molecule has 27 heavy (non-hydrogen) atoms. The van der Waals surface area contributed by atoms with Crippen LogP contribution in [0.2, 0.25) is 5.02 Å². The molecule has 0 bridgehead atoms. The first-order valence-electron chi connectivity index (χ1n) is 8.11. The third-order valence-corrected chi connectivity index (χ3v) is 6.52. The van der Waals surface area contributed by atoms with E-state index in [2.05, 4.69) is 5.32 Å². The molecule has 0 aromatic heterocycles. The van der Waals surface area contributed by atoms with E-state index in [9.17, 15) is 17.6 Å². The Kier molecular flexibility index (Phi) is 5.46. The molecule has 140 valence electrons. The Labute approximate surface area is 161 Å². The van der Waals surface area contributed by atoms with Crippen LogP contribution in [0.25, 0.3) is 0 Å². The van der Waals surface area contributed by atoms with Crippen LogP contribution in [0.3, 0.4) is 0 Å². The summed E-state index contributed by atoms with van der Waals surface area (Å²) in [5.74, 6) is -1.03. The average molecular weight is 408 g/mol. The summed E-state index contributed by atoms with van der Waals surface area (Å²) in [5.41, 5.74) is 0.645. The van der Waals surface area contributed by atoms with Crippen LogP contribution in [-0.4, -0.2) is 31.2 Å². The second-order valence-electron chi connectivity index (χ2n) is 6.02. The molecule has 0 aliphatic carbocycles. The minimum atomic E-state index is -3.92. The van der Waals surface area contributed by atoms with E-state index in [0.717, 1.165) is 16.4 Å². The average Bonchev–Trinajstić information content (AvgIpc) is 3.13. The van der Waals surface area contributed by atoms with Crippen molar-refractivity contribution in [2.45, 2.75) is 23.8 Å². The van der Waals surface area contributed by atoms with E-state index >= 15 is 0 Å². The lowest BCUT2D eigenvalue weighted by Crippen LogP contribution is -2.43. The Morgan fingerprint density at radius 1 is 1.26 bits per heavy atom. The van der Waals surface area contributed by atoms with Gasteiger partial charge in [0.2, 0.25) is 15.9 Å². The maximum Gasteiger partial charge on any atom is 0.243 e. The number of nitrogens with zero attached hydrogens (tertiary/aromatic N) is 2. The molecule has 1 aliphatic rings. The number of benzene rings is 2. The molecule has 2 aromatic carbocycles. The molecule has 1 aliphatic heterocycles. The van der Waals surface area contributed by atoms with Crippen LogP contribution in [0.4, 0.5) is 10.1 Å². The van der Waals surface area contributed by atoms with Gasteiger partial charge in [0.1, 0.15) is 17.9 Å². The van der Waals surface area contributed by atoms with Gasteiger partial charge in [-0.3, -0.25) is 4.79 Å². The zero-order valence-electron chi connectivity index (χ0n) is 14.0. The molecule has 6 nitrogen and oxygen atoms in total. The predicted octanol–water partition coefficient (Wildman–Crippen LogP) is 3.14. The maximum atomic E-state index is 13.1. The summed E-state index contributed by atoms with van der Waals surface area (Å²) in [6, 6.07) is 9.96. The van der Waals surface area contributed by atoms with E-state index in [0.29, 0.717) is 18.5 Å². The molecule has 1 saturated heterocycles. The van der Waals surface area contributed by atoms with Gasteiger partial charge in [-0.1, -0.05) is 11.6 Å². The van der Waals surface area contributed by atoms with Crippen LogP contribution in [0, 0.1) is 17.1 Å². The molecule has 0 radical (unpaired) electrons. The largest absolute Gasteiger partial charge is 0.325 e. The molecule has 1 amide bonds. The fourth-order valence-corrected chi connectivity index (χ4v) is 4.82. The standard InChI is InChI=1S/C18H15ClFN3O3S/c19-16-10-14(6-3-12(16)11-21)22-18(24)17-2-1-9-23(17)27(25,26)15-7-4-13(20)5-8-15/h3-8,10,17H,1-2,9H2,(H,22,24)/t17-/m0/s1. The first-order chi connectivity index (χ1) is 12.8. The zero-order chi connectivity index (χ0) is 19.6. The zero-order valence-corrected chi connectivity index (χ0v) is 15.6. The van der Waals surface area contributed by atoms with Gasteiger partial charge in [0, 0.05) is 12.2 Å². The monoisotopic (exact) mass is 407 g/mol. The number of nitrogens with one attached hydrogen (secondary N) is 1. The van der Waals surface area contributed by atoms with Crippen LogP contribution in [0.5, 0.6) is 0 Å². The van der Waals surface area contributed by atoms with Gasteiger partial charge in [0.25, 0.3) is 0 Å². The van der Waals surface area contributed by atoms with Crippen molar-refractivity contribution in [2.24, 2.45) is 0 Å². The number of amides is 1. The van der Waals surface area contributed by atoms with E-state index in [4.69, 9.17) is 16.9 Å². The Morgan fingerprint density at radius 3 is 2.59 bits per heavy atom. The van der Waals surface area contributed by atoms with Gasteiger partial charge < -0.3 is 5.32 Å². The van der Waals surface area contributed by atoms with E-state index in [-0.39, 0.29) is 22.0 Å². The Bertz CT molecular complexity index is 1020. The van der Waals surface area contributed by atoms with Gasteiger partial charge in [0.15, 0.2) is 0 Å². The van der Waals surface area contributed by atoms with Gasteiger partial charge in [0.05, 0.1) is 15.5 Å². The molecule has 1 N–H and O–H groups in total. The molecule has 2 aromatic rings. The van der Waals surface area contributed by atoms with E-state index in [1.54, 1.807) is 0 Å². The Morgan fingerprint density at radius 2 is 1.96 bits per heavy atom. The normalized spacial score (nSPS) is 17.4. The lowest BCUT2D eigenvalue weighted by atomic mass is 10.2. The van der Waals surface area contributed by atoms with E-state index in [1.165, 1.54) is 30.3 Å². The minimum Gasteiger partial charge on any atom is -0.325 e. The van der Waals surface area contributed by atoms with Crippen LogP contribution in [-0.2, 0) is 14.8 Å². The molecule has 0 unspecified atom stereocenters. The number of sulfonamides is 1. The lowest BCUT2D eigenvalue weighted by Gasteiger charge is -2.23. The molecule has 1 atom stereocenters. The second-order valence-corrected chi connectivity index (χ2v) is 8.32. The van der Waals surface area contributed by atoms with E-state index < -0.39 is 27.8 Å². The fraction of sp³-hybridized carbons (Fsp3) is 0.222. The highest BCUT2D eigenvalue weighted by Crippen LogP contribution is 2.28. The number of halogens is 2. The van der Waals surface area contributed by atoms with Crippen molar-refractivity contribution in [3.63, 3.8) is 0 Å². The topological polar surface area (TPSA) is 90.3 Å². The number of hydrogen-bond donors (Lipinski definition) is 1. The highest BCUT2D eigenvalue weighted by molar-refractivity contribution is 7.89. The first-order valence-corrected chi connectivity index (χ1v) is 9.92. The summed E-state index contributed by atoms with van der Waals surface area (Å²) < 4.78 is 39.8. The molecule has 0 saturated carbocycles. The minimum absolute atomic E-state index is 0.0648. The number of carbonyl (C=O) groups is 1. The van der Waals surface area contributed by atoms with Crippen molar-refractivity contribution in [2.75, 3.05) is 11.9 Å². The number of rotatable bonds is 4. The summed E-state index contributed by atoms with van der Waals surface area (Å²) in [7, 11) is -3.92. The number of anilines is 1. The molecule has 3 rings (SSSR count). The molecular formula is C18H15ClFN3O3S. The molecule has 0 spiro atoms. The third-order valence-electron chi connectivity index (χ3n) is 4.28. The molecule has 9 heteroatoms. The second kappa shape index (κ2) is 7.64. The smallest absolute Gasteiger partial charge is 0.243 e. The van der Waals surface area contributed by atoms with Crippen LogP contribution in [0.1, 0.15) is 18.4 Å². The first kappa shape index (κ1) is 19.3. The van der Waals surface area contributed by atoms with Gasteiger partial charge >= 0.3 is 0 Å². The molecule has 1 heterocycles. The van der Waals surface area contributed by atoms with Gasteiger partial charge in [-0.05, 0) is 55.3 Å². The number of hydrogen-bond acceptors (Lipinski definition) is 4. The van der Waals surface area contributed by atoms with Crippen molar-refractivity contribution in [3.8, 4) is 6.07 Å². The van der Waals surface area contributed by atoms with Crippen molar-refractivity contribution >= 4 is 33.2 Å². The summed E-state index contributed by atoms with van der Waals surface area (Å²) in [4.78, 5) is 12.6. The SMILES string of the molecule is N#Cc1ccc(NC(=O)[C@@H]2CCCN2S(=O)(=O)c2ccc(F)cc2)cc1Cl. The fourth-order valence-electron chi connectivity index (χ4n) is 2.94. The lowest BCUT2D eigenvalue weighted by molar-refractivity contribution is -0.119. The summed E-state index contributed by atoms with van der Waals surface area (Å²) >= 11 is 5.96. The number of carbonyl (C=O) groups excluding carboxylic acids is 1. The Balaban J connectivity index is 1.81. The quantitative estimate of drug-likeness (QED) is 0.842. The Hall–Kier alpha value is -2.47. The van der Waals surface area contributed by atoms with Crippen molar-refractivity contribution in [1.29, 1.82) is 5.26 Å². The van der Waals surface area contributed by atoms with Gasteiger partial charge in [-0.15, -0.1) is 0 Å². The molecular weight excluding hydrogens is 393 g/mol. The number of nitriles is 1. The third kappa shape index (κ3) is 3.95. The summed E-state index contributed by atoms with van der Waals surface area (Å²) in [5, 5.41) is 11.7. The predicted molar refractivity (Wildman–Crippen MR) is 98.1 cm³/mol. The maximum absolute atomic E-state index is 13.1. The highest BCUT2D eigenvalue weighted by atomic mass is 35.5. The van der Waals surface area contributed by atoms with E-state index in [1.807, 2.05) is 6.07 Å². The van der Waals surface area contributed by atoms with Crippen molar-refractivity contribution in [1.82, 2.24) is 4.31 Å². The summed E-state index contributed by atoms with van der Waals surface area (Å²) in [6.07, 6.45) is 0.906. The van der Waals surface area contributed by atoms with Crippen molar-refractivity contribution < 1.29 is 17.6 Å². The van der Waals surface area contributed by atoms with Gasteiger partial charge in [-0.25, -0.2) is 12.8 Å². The van der Waals surface area contributed by atoms with Crippen molar-refractivity contribution in [3.05, 3.63) is 58.9 Å². The summed E-state index contributed by atoms with van der Waals surface area (Å²) in [6.45, 7) is 0.200. The van der Waals surface area contributed by atoms with Crippen LogP contribution in [0.15, 0.2) is 47.4 Å². The van der Waals surface area contributed by atoms with Gasteiger partial charge in [-0.2, -0.15) is 9.57 Å².